The van der Waals surface area contributed by atoms with Crippen molar-refractivity contribution in [2.45, 2.75) is 26.7 Å². The normalized spacial score (nSPS) is 11.3. The van der Waals surface area contributed by atoms with Crippen LogP contribution in [0.3, 0.4) is 0 Å². The van der Waals surface area contributed by atoms with Crippen LogP contribution in [0.15, 0.2) is 30.3 Å². The third-order valence-electron chi connectivity index (χ3n) is 3.58. The molecule has 0 radical (unpaired) electrons. The maximum Gasteiger partial charge on any atom is 0.169 e. The van der Waals surface area contributed by atoms with Gasteiger partial charge >= 0.3 is 0 Å². The van der Waals surface area contributed by atoms with Crippen molar-refractivity contribution in [1.29, 1.82) is 0 Å². The number of ether oxygens (including phenoxy) is 2. The zero-order chi connectivity index (χ0) is 15.2. The van der Waals surface area contributed by atoms with Crippen molar-refractivity contribution in [3.05, 3.63) is 47.3 Å². The molecule has 0 bridgehead atoms. The van der Waals surface area contributed by atoms with Gasteiger partial charge in [-0.25, -0.2) is 4.68 Å². The van der Waals surface area contributed by atoms with E-state index in [9.17, 15) is 0 Å². The minimum Gasteiger partial charge on any atom is -0.355 e. The summed E-state index contributed by atoms with van der Waals surface area (Å²) in [7, 11) is 3.28. The zero-order valence-corrected chi connectivity index (χ0v) is 13.1. The number of aryl methyl sites for hydroxylation is 1. The molecule has 0 amide bonds. The van der Waals surface area contributed by atoms with Crippen molar-refractivity contribution in [3.8, 4) is 5.69 Å². The fourth-order valence-electron chi connectivity index (χ4n) is 2.33. The molecule has 1 aromatic heterocycles. The van der Waals surface area contributed by atoms with E-state index in [1.807, 2.05) is 29.8 Å². The van der Waals surface area contributed by atoms with Gasteiger partial charge in [0.2, 0.25) is 0 Å². The Kier molecular flexibility index (Phi) is 5.50. The van der Waals surface area contributed by atoms with E-state index >= 15 is 0 Å². The largest absolute Gasteiger partial charge is 0.355 e. The predicted octanol–water partition coefficient (Wildman–Crippen LogP) is 2.20. The minimum atomic E-state index is -0.227. The summed E-state index contributed by atoms with van der Waals surface area (Å²) in [5.74, 6) is 0. The van der Waals surface area contributed by atoms with Crippen molar-refractivity contribution in [2.75, 3.05) is 20.8 Å². The number of hydrogen-bond acceptors (Lipinski definition) is 4. The van der Waals surface area contributed by atoms with Crippen LogP contribution in [0.2, 0.25) is 0 Å². The van der Waals surface area contributed by atoms with Gasteiger partial charge < -0.3 is 14.8 Å². The van der Waals surface area contributed by atoms with Gasteiger partial charge in [0.05, 0.1) is 11.4 Å². The SMILES string of the molecule is COC(CNCc1c(C)nn(-c2ccccc2)c1C)OC. The smallest absolute Gasteiger partial charge is 0.169 e. The Bertz CT molecular complexity index is 562. The fraction of sp³-hybridized carbons (Fsp3) is 0.438. The first-order valence-corrected chi connectivity index (χ1v) is 7.04. The highest BCUT2D eigenvalue weighted by molar-refractivity contribution is 5.36. The van der Waals surface area contributed by atoms with E-state index in [2.05, 4.69) is 29.5 Å². The Morgan fingerprint density at radius 1 is 1.14 bits per heavy atom. The Balaban J connectivity index is 2.09. The molecule has 1 N–H and O–H groups in total. The van der Waals surface area contributed by atoms with E-state index in [0.29, 0.717) is 6.54 Å². The van der Waals surface area contributed by atoms with Gasteiger partial charge in [0, 0.05) is 38.6 Å². The van der Waals surface area contributed by atoms with E-state index < -0.39 is 0 Å². The van der Waals surface area contributed by atoms with Crippen LogP contribution in [0.25, 0.3) is 5.69 Å². The van der Waals surface area contributed by atoms with Crippen molar-refractivity contribution in [2.24, 2.45) is 0 Å². The third-order valence-corrected chi connectivity index (χ3v) is 3.58. The van der Waals surface area contributed by atoms with Crippen LogP contribution in [-0.4, -0.2) is 36.8 Å². The summed E-state index contributed by atoms with van der Waals surface area (Å²) in [4.78, 5) is 0. The number of hydrogen-bond donors (Lipinski definition) is 1. The summed E-state index contributed by atoms with van der Waals surface area (Å²) in [6, 6.07) is 10.2. The first-order valence-electron chi connectivity index (χ1n) is 7.04. The molecular formula is C16H23N3O2. The summed E-state index contributed by atoms with van der Waals surface area (Å²) in [5, 5.41) is 7.98. The molecule has 0 fully saturated rings. The van der Waals surface area contributed by atoms with Crippen molar-refractivity contribution >= 4 is 0 Å². The van der Waals surface area contributed by atoms with Crippen LogP contribution in [-0.2, 0) is 16.0 Å². The molecule has 0 saturated heterocycles. The molecule has 21 heavy (non-hydrogen) atoms. The van der Waals surface area contributed by atoms with Gasteiger partial charge in [0.1, 0.15) is 0 Å². The van der Waals surface area contributed by atoms with Crippen molar-refractivity contribution in [3.63, 3.8) is 0 Å². The number of para-hydroxylation sites is 1. The first kappa shape index (κ1) is 15.7. The van der Waals surface area contributed by atoms with Crippen molar-refractivity contribution in [1.82, 2.24) is 15.1 Å². The number of benzene rings is 1. The Morgan fingerprint density at radius 3 is 2.43 bits per heavy atom. The van der Waals surface area contributed by atoms with E-state index in [1.165, 1.54) is 5.56 Å². The van der Waals surface area contributed by atoms with Crippen molar-refractivity contribution < 1.29 is 9.47 Å². The molecule has 0 saturated carbocycles. The van der Waals surface area contributed by atoms with Gasteiger partial charge in [0.25, 0.3) is 0 Å². The standard InChI is InChI=1S/C16H23N3O2/c1-12-15(10-17-11-16(20-3)21-4)13(2)19(18-12)14-8-6-5-7-9-14/h5-9,16-17H,10-11H2,1-4H3. The minimum absolute atomic E-state index is 0.227. The zero-order valence-electron chi connectivity index (χ0n) is 13.1. The van der Waals surface area contributed by atoms with Crippen LogP contribution in [0.4, 0.5) is 0 Å². The molecule has 2 rings (SSSR count). The molecule has 114 valence electrons. The van der Waals surface area contributed by atoms with E-state index in [1.54, 1.807) is 14.2 Å². The maximum atomic E-state index is 5.17. The molecule has 5 nitrogen and oxygen atoms in total. The molecule has 0 aliphatic rings. The lowest BCUT2D eigenvalue weighted by Gasteiger charge is -2.14. The van der Waals surface area contributed by atoms with Crippen LogP contribution >= 0.6 is 0 Å². The number of nitrogens with one attached hydrogen (secondary N) is 1. The number of aromatic nitrogens is 2. The first-order chi connectivity index (χ1) is 10.2. The topological polar surface area (TPSA) is 48.3 Å². The number of rotatable bonds is 7. The summed E-state index contributed by atoms with van der Waals surface area (Å²) < 4.78 is 12.3. The molecule has 5 heteroatoms. The summed E-state index contributed by atoms with van der Waals surface area (Å²) in [5.41, 5.74) is 4.48. The monoisotopic (exact) mass is 289 g/mol. The van der Waals surface area contributed by atoms with E-state index in [4.69, 9.17) is 9.47 Å². The Hall–Kier alpha value is -1.69. The van der Waals surface area contributed by atoms with Gasteiger partial charge in [0.15, 0.2) is 6.29 Å². The Morgan fingerprint density at radius 2 is 1.81 bits per heavy atom. The van der Waals surface area contributed by atoms with E-state index in [-0.39, 0.29) is 6.29 Å². The van der Waals surface area contributed by atoms with Gasteiger partial charge in [-0.15, -0.1) is 0 Å². The molecule has 1 aromatic carbocycles. The molecule has 1 heterocycles. The van der Waals surface area contributed by atoms with Crippen LogP contribution < -0.4 is 5.32 Å². The number of nitrogens with zero attached hydrogens (tertiary/aromatic N) is 2. The Labute approximate surface area is 125 Å². The summed E-state index contributed by atoms with van der Waals surface area (Å²) in [6.45, 7) is 5.51. The lowest BCUT2D eigenvalue weighted by atomic mass is 10.2. The second-order valence-corrected chi connectivity index (χ2v) is 4.93. The second kappa shape index (κ2) is 7.36. The van der Waals surface area contributed by atoms with Gasteiger partial charge in [-0.1, -0.05) is 18.2 Å². The maximum absolute atomic E-state index is 5.17. The van der Waals surface area contributed by atoms with Gasteiger partial charge in [-0.3, -0.25) is 0 Å². The molecule has 0 aliphatic heterocycles. The third kappa shape index (κ3) is 3.69. The highest BCUT2D eigenvalue weighted by Crippen LogP contribution is 2.17. The summed E-state index contributed by atoms with van der Waals surface area (Å²) >= 11 is 0. The number of methoxy groups -OCH3 is 2. The summed E-state index contributed by atoms with van der Waals surface area (Å²) in [6.07, 6.45) is -0.227. The highest BCUT2D eigenvalue weighted by atomic mass is 16.7. The fourth-order valence-corrected chi connectivity index (χ4v) is 2.33. The highest BCUT2D eigenvalue weighted by Gasteiger charge is 2.13. The molecule has 0 unspecified atom stereocenters. The molecule has 0 spiro atoms. The molecule has 2 aromatic rings. The average molecular weight is 289 g/mol. The average Bonchev–Trinajstić information content (AvgIpc) is 2.80. The van der Waals surface area contributed by atoms with E-state index in [0.717, 1.165) is 23.6 Å². The van der Waals surface area contributed by atoms with Crippen LogP contribution in [0.1, 0.15) is 17.0 Å². The quantitative estimate of drug-likeness (QED) is 0.794. The second-order valence-electron chi connectivity index (χ2n) is 4.93. The lowest BCUT2D eigenvalue weighted by Crippen LogP contribution is -2.29. The lowest BCUT2D eigenvalue weighted by molar-refractivity contribution is -0.0989. The molecule has 0 aliphatic carbocycles. The van der Waals surface area contributed by atoms with Gasteiger partial charge in [-0.2, -0.15) is 5.10 Å². The van der Waals surface area contributed by atoms with Crippen LogP contribution in [0, 0.1) is 13.8 Å². The van der Waals surface area contributed by atoms with Crippen LogP contribution in [0.5, 0.6) is 0 Å². The molecular weight excluding hydrogens is 266 g/mol. The molecule has 0 atom stereocenters. The van der Waals surface area contributed by atoms with Gasteiger partial charge in [-0.05, 0) is 26.0 Å². The predicted molar refractivity (Wildman–Crippen MR) is 82.6 cm³/mol.